The third-order valence-electron chi connectivity index (χ3n) is 5.57. The van der Waals surface area contributed by atoms with Gasteiger partial charge in [0, 0.05) is 29.9 Å². The van der Waals surface area contributed by atoms with E-state index in [4.69, 9.17) is 21.7 Å². The van der Waals surface area contributed by atoms with Crippen molar-refractivity contribution >= 4 is 46.5 Å². The van der Waals surface area contributed by atoms with Crippen LogP contribution >= 0.6 is 0 Å². The predicted octanol–water partition coefficient (Wildman–Crippen LogP) is -2.69. The summed E-state index contributed by atoms with van der Waals surface area (Å²) >= 11 is 0. The molecule has 0 radical (unpaired) electrons. The molecule has 4 atom stereocenters. The van der Waals surface area contributed by atoms with E-state index in [0.29, 0.717) is 5.56 Å². The van der Waals surface area contributed by atoms with E-state index in [9.17, 15) is 33.9 Å². The number of aliphatic hydroxyl groups is 1. The maximum Gasteiger partial charge on any atom is 0.328 e. The number of aromatic nitrogens is 1. The minimum atomic E-state index is -1.69. The highest BCUT2D eigenvalue weighted by molar-refractivity contribution is 5.95. The number of aromatic amines is 1. The first-order valence-electron chi connectivity index (χ1n) is 11.5. The monoisotopic (exact) mass is 534 g/mol. The highest BCUT2D eigenvalue weighted by Crippen LogP contribution is 2.19. The van der Waals surface area contributed by atoms with Gasteiger partial charge in [-0.1, -0.05) is 18.2 Å². The van der Waals surface area contributed by atoms with E-state index in [1.807, 2.05) is 5.32 Å². The Bertz CT molecular complexity index is 1200. The summed E-state index contributed by atoms with van der Waals surface area (Å²) in [5.74, 6) is -6.50. The van der Waals surface area contributed by atoms with E-state index < -0.39 is 85.6 Å². The fourth-order valence-corrected chi connectivity index (χ4v) is 3.58. The van der Waals surface area contributed by atoms with Crippen molar-refractivity contribution in [1.29, 1.82) is 0 Å². The Balaban J connectivity index is 2.31. The first-order valence-corrected chi connectivity index (χ1v) is 11.5. The van der Waals surface area contributed by atoms with Gasteiger partial charge in [0.15, 0.2) is 0 Å². The van der Waals surface area contributed by atoms with Crippen LogP contribution in [0.4, 0.5) is 0 Å². The Morgan fingerprint density at radius 1 is 0.895 bits per heavy atom. The number of rotatable bonds is 15. The molecule has 4 amide bonds. The van der Waals surface area contributed by atoms with Crippen LogP contribution < -0.4 is 27.4 Å². The van der Waals surface area contributed by atoms with Crippen LogP contribution in [0.15, 0.2) is 30.5 Å². The van der Waals surface area contributed by atoms with Gasteiger partial charge in [0.05, 0.1) is 19.1 Å². The molecule has 0 aliphatic heterocycles. The van der Waals surface area contributed by atoms with Crippen LogP contribution in [0.1, 0.15) is 24.8 Å². The number of hydrogen-bond donors (Lipinski definition) is 9. The van der Waals surface area contributed by atoms with Crippen molar-refractivity contribution < 1.29 is 44.1 Å². The lowest BCUT2D eigenvalue weighted by molar-refractivity contribution is -0.144. The number of benzene rings is 1. The number of aliphatic hydroxyl groups excluding tert-OH is 1. The Morgan fingerprint density at radius 3 is 2.11 bits per heavy atom. The summed E-state index contributed by atoms with van der Waals surface area (Å²) in [6.45, 7) is -0.947. The molecule has 2 aromatic rings. The predicted molar refractivity (Wildman–Crippen MR) is 131 cm³/mol. The molecule has 2 rings (SSSR count). The van der Waals surface area contributed by atoms with E-state index in [1.54, 1.807) is 30.5 Å². The zero-order chi connectivity index (χ0) is 28.4. The molecule has 1 aromatic heterocycles. The standard InChI is InChI=1S/C23H30N6O9/c24-13(8-18(25)31)20(34)28-16(7-11-9-26-14-4-2-1-3-12(11)14)22(36)27-15(5-6-19(32)33)21(35)29-17(10-30)23(37)38/h1-4,9,13,15-17,26,30H,5-8,10,24H2,(H2,25,31)(H,27,36)(H,28,34)(H,29,35)(H,32,33)(H,37,38). The van der Waals surface area contributed by atoms with Gasteiger partial charge in [-0.3, -0.25) is 24.0 Å². The highest BCUT2D eigenvalue weighted by atomic mass is 16.4. The van der Waals surface area contributed by atoms with E-state index in [2.05, 4.69) is 15.6 Å². The first-order chi connectivity index (χ1) is 17.9. The number of primary amides is 1. The topological polar surface area (TPSA) is 267 Å². The molecular weight excluding hydrogens is 504 g/mol. The minimum Gasteiger partial charge on any atom is -0.481 e. The summed E-state index contributed by atoms with van der Waals surface area (Å²) < 4.78 is 0. The third kappa shape index (κ3) is 8.56. The molecule has 38 heavy (non-hydrogen) atoms. The third-order valence-corrected chi connectivity index (χ3v) is 5.57. The van der Waals surface area contributed by atoms with E-state index in [0.717, 1.165) is 10.9 Å². The van der Waals surface area contributed by atoms with Gasteiger partial charge in [-0.05, 0) is 18.1 Å². The quantitative estimate of drug-likeness (QED) is 0.114. The molecule has 4 unspecified atom stereocenters. The molecule has 0 saturated carbocycles. The number of carbonyl (C=O) groups excluding carboxylic acids is 4. The number of nitrogens with two attached hydrogens (primary N) is 2. The van der Waals surface area contributed by atoms with Gasteiger partial charge in [0.1, 0.15) is 18.1 Å². The zero-order valence-corrected chi connectivity index (χ0v) is 20.2. The molecular formula is C23H30N6O9. The van der Waals surface area contributed by atoms with Gasteiger partial charge in [-0.25, -0.2) is 4.79 Å². The van der Waals surface area contributed by atoms with Crippen molar-refractivity contribution in [2.24, 2.45) is 11.5 Å². The maximum absolute atomic E-state index is 13.3. The molecule has 0 aliphatic carbocycles. The van der Waals surface area contributed by atoms with Crippen molar-refractivity contribution in [3.63, 3.8) is 0 Å². The fraction of sp³-hybridized carbons (Fsp3) is 0.391. The number of fused-ring (bicyclic) bond motifs is 1. The number of H-pyrrole nitrogens is 1. The molecule has 1 aromatic carbocycles. The summed E-state index contributed by atoms with van der Waals surface area (Å²) in [5.41, 5.74) is 12.2. The minimum absolute atomic E-state index is 0.0907. The molecule has 206 valence electrons. The average molecular weight is 535 g/mol. The van der Waals surface area contributed by atoms with Crippen molar-refractivity contribution in [3.05, 3.63) is 36.0 Å². The zero-order valence-electron chi connectivity index (χ0n) is 20.2. The van der Waals surface area contributed by atoms with Crippen LogP contribution in [0.2, 0.25) is 0 Å². The second-order valence-corrected chi connectivity index (χ2v) is 8.48. The molecule has 0 aliphatic rings. The molecule has 0 saturated heterocycles. The molecule has 15 heteroatoms. The Labute approximate surface area is 215 Å². The SMILES string of the molecule is NC(=O)CC(N)C(=O)NC(Cc1c[nH]c2ccccc12)C(=O)NC(CCC(=O)O)C(=O)NC(CO)C(=O)O. The Kier molecular flexibility index (Phi) is 10.7. The van der Waals surface area contributed by atoms with E-state index in [-0.39, 0.29) is 6.42 Å². The van der Waals surface area contributed by atoms with E-state index >= 15 is 0 Å². The van der Waals surface area contributed by atoms with Gasteiger partial charge < -0.3 is 47.7 Å². The number of hydrogen-bond acceptors (Lipinski definition) is 8. The van der Waals surface area contributed by atoms with Crippen LogP contribution in [0.3, 0.4) is 0 Å². The van der Waals surface area contributed by atoms with Gasteiger partial charge >= 0.3 is 11.9 Å². The average Bonchev–Trinajstić information content (AvgIpc) is 3.26. The first kappa shape index (κ1) is 29.7. The van der Waals surface area contributed by atoms with Crippen LogP contribution in [-0.4, -0.2) is 86.6 Å². The lowest BCUT2D eigenvalue weighted by Crippen LogP contribution is -2.58. The molecule has 0 spiro atoms. The summed E-state index contributed by atoms with van der Waals surface area (Å²) in [6.07, 6.45) is 0.0622. The van der Waals surface area contributed by atoms with Crippen molar-refractivity contribution in [2.45, 2.75) is 49.9 Å². The largest absolute Gasteiger partial charge is 0.481 e. The van der Waals surface area contributed by atoms with Gasteiger partial charge in [0.2, 0.25) is 23.6 Å². The molecule has 15 nitrogen and oxygen atoms in total. The van der Waals surface area contributed by atoms with Crippen molar-refractivity contribution in [1.82, 2.24) is 20.9 Å². The number of amides is 4. The number of nitrogens with one attached hydrogen (secondary N) is 4. The number of carbonyl (C=O) groups is 6. The van der Waals surface area contributed by atoms with Gasteiger partial charge in [-0.15, -0.1) is 0 Å². The van der Waals surface area contributed by atoms with Crippen molar-refractivity contribution in [2.75, 3.05) is 6.61 Å². The number of aliphatic carboxylic acids is 2. The second kappa shape index (κ2) is 13.7. The maximum atomic E-state index is 13.3. The van der Waals surface area contributed by atoms with Crippen LogP contribution in [0.5, 0.6) is 0 Å². The Morgan fingerprint density at radius 2 is 1.50 bits per heavy atom. The summed E-state index contributed by atoms with van der Waals surface area (Å²) in [7, 11) is 0. The molecule has 0 fully saturated rings. The normalized spacial score (nSPS) is 14.1. The summed E-state index contributed by atoms with van der Waals surface area (Å²) in [4.78, 5) is 75.0. The van der Waals surface area contributed by atoms with Gasteiger partial charge in [0.25, 0.3) is 0 Å². The van der Waals surface area contributed by atoms with Crippen LogP contribution in [0.25, 0.3) is 10.9 Å². The lowest BCUT2D eigenvalue weighted by Gasteiger charge is -2.24. The molecule has 0 bridgehead atoms. The number of carboxylic acids is 2. The van der Waals surface area contributed by atoms with Crippen molar-refractivity contribution in [3.8, 4) is 0 Å². The highest BCUT2D eigenvalue weighted by Gasteiger charge is 2.31. The lowest BCUT2D eigenvalue weighted by atomic mass is 10.0. The molecule has 1 heterocycles. The summed E-state index contributed by atoms with van der Waals surface area (Å²) in [5, 5.41) is 34.8. The second-order valence-electron chi connectivity index (χ2n) is 8.48. The Hall–Kier alpha value is -4.50. The fourth-order valence-electron chi connectivity index (χ4n) is 3.58. The number of para-hydroxylation sites is 1. The molecule has 11 N–H and O–H groups in total. The smallest absolute Gasteiger partial charge is 0.328 e. The van der Waals surface area contributed by atoms with Gasteiger partial charge in [-0.2, -0.15) is 0 Å². The number of carboxylic acid groups (broad SMARTS) is 2. The summed E-state index contributed by atoms with van der Waals surface area (Å²) in [6, 6.07) is 1.21. The van der Waals surface area contributed by atoms with Crippen LogP contribution in [0, 0.1) is 0 Å². The van der Waals surface area contributed by atoms with Crippen LogP contribution in [-0.2, 0) is 35.2 Å². The van der Waals surface area contributed by atoms with E-state index in [1.165, 1.54) is 0 Å².